The van der Waals surface area contributed by atoms with Crippen molar-refractivity contribution >= 4 is 23.4 Å². The summed E-state index contributed by atoms with van der Waals surface area (Å²) in [5.41, 5.74) is 11.0. The summed E-state index contributed by atoms with van der Waals surface area (Å²) < 4.78 is 0. The second-order valence-corrected chi connectivity index (χ2v) is 3.82. The van der Waals surface area contributed by atoms with Crippen LogP contribution < -0.4 is 16.4 Å². The Labute approximate surface area is 106 Å². The minimum atomic E-state index is -0.0968. The summed E-state index contributed by atoms with van der Waals surface area (Å²) in [5.74, 6) is 0.280. The second-order valence-electron chi connectivity index (χ2n) is 3.82. The van der Waals surface area contributed by atoms with Gasteiger partial charge in [0, 0.05) is 13.5 Å². The van der Waals surface area contributed by atoms with Gasteiger partial charge in [0.25, 0.3) is 0 Å². The second kappa shape index (κ2) is 6.53. The highest BCUT2D eigenvalue weighted by molar-refractivity contribution is 5.95. The Morgan fingerprint density at radius 2 is 2.22 bits per heavy atom. The molecule has 1 aromatic heterocycles. The maximum Gasteiger partial charge on any atom is 0.227 e. The molecule has 1 rings (SSSR count). The minimum Gasteiger partial charge on any atom is -0.370 e. The lowest BCUT2D eigenvalue weighted by Crippen LogP contribution is -2.27. The number of aromatic nitrogens is 2. The first-order chi connectivity index (χ1) is 8.56. The monoisotopic (exact) mass is 250 g/mol. The Bertz CT molecular complexity index is 441. The lowest BCUT2D eigenvalue weighted by atomic mass is 10.2. The number of rotatable bonds is 5. The van der Waals surface area contributed by atoms with Crippen LogP contribution >= 0.6 is 0 Å². The molecule has 7 nitrogen and oxygen atoms in total. The maximum absolute atomic E-state index is 11.9. The number of hydrogen-bond donors (Lipinski definition) is 2. The van der Waals surface area contributed by atoms with Crippen LogP contribution in [0.5, 0.6) is 0 Å². The average Bonchev–Trinajstić information content (AvgIpc) is 2.35. The van der Waals surface area contributed by atoms with Crippen molar-refractivity contribution in [3.05, 3.63) is 12.5 Å². The molecular formula is C11H18N6O. The standard InChI is InChI=1S/C11H18N6O/c1-3-4-5-9(18)17(2)10-8(16-11(12)13)6-14-7-15-10/h6-7H,3-5H2,1-2H3,(H4,12,13,16). The summed E-state index contributed by atoms with van der Waals surface area (Å²) >= 11 is 0. The van der Waals surface area contributed by atoms with Crippen LogP contribution in [0.25, 0.3) is 0 Å². The number of guanidine groups is 1. The van der Waals surface area contributed by atoms with Gasteiger partial charge in [-0.3, -0.25) is 9.69 Å². The molecule has 0 spiro atoms. The van der Waals surface area contributed by atoms with Crippen LogP contribution in [0.3, 0.4) is 0 Å². The molecule has 0 aromatic carbocycles. The van der Waals surface area contributed by atoms with Gasteiger partial charge in [0.2, 0.25) is 5.91 Å². The van der Waals surface area contributed by atoms with Crippen LogP contribution in [-0.2, 0) is 4.79 Å². The highest BCUT2D eigenvalue weighted by Crippen LogP contribution is 2.24. The van der Waals surface area contributed by atoms with Gasteiger partial charge in [0.15, 0.2) is 11.8 Å². The van der Waals surface area contributed by atoms with E-state index < -0.39 is 0 Å². The largest absolute Gasteiger partial charge is 0.370 e. The molecule has 0 atom stereocenters. The van der Waals surface area contributed by atoms with Crippen LogP contribution in [0.15, 0.2) is 17.5 Å². The molecule has 0 aliphatic heterocycles. The van der Waals surface area contributed by atoms with Gasteiger partial charge >= 0.3 is 0 Å². The lowest BCUT2D eigenvalue weighted by Gasteiger charge is -2.17. The first-order valence-corrected chi connectivity index (χ1v) is 5.72. The molecule has 0 fully saturated rings. The van der Waals surface area contributed by atoms with Crippen LogP contribution in [0.2, 0.25) is 0 Å². The molecule has 1 heterocycles. The van der Waals surface area contributed by atoms with Gasteiger partial charge in [-0.05, 0) is 6.42 Å². The molecule has 7 heteroatoms. The summed E-state index contributed by atoms with van der Waals surface area (Å²) in [4.78, 5) is 25.1. The summed E-state index contributed by atoms with van der Waals surface area (Å²) in [6.45, 7) is 2.03. The molecule has 4 N–H and O–H groups in total. The van der Waals surface area contributed by atoms with Gasteiger partial charge in [-0.25, -0.2) is 15.0 Å². The van der Waals surface area contributed by atoms with Crippen LogP contribution in [-0.4, -0.2) is 28.9 Å². The fraction of sp³-hybridized carbons (Fsp3) is 0.455. The van der Waals surface area contributed by atoms with Crippen LogP contribution in [0.4, 0.5) is 11.5 Å². The lowest BCUT2D eigenvalue weighted by molar-refractivity contribution is -0.118. The predicted octanol–water partition coefficient (Wildman–Crippen LogP) is 0.535. The highest BCUT2D eigenvalue weighted by Gasteiger charge is 2.15. The van der Waals surface area contributed by atoms with E-state index in [2.05, 4.69) is 15.0 Å². The van der Waals surface area contributed by atoms with Gasteiger partial charge in [-0.1, -0.05) is 13.3 Å². The Hall–Kier alpha value is -2.18. The molecule has 98 valence electrons. The van der Waals surface area contributed by atoms with Crippen molar-refractivity contribution in [3.63, 3.8) is 0 Å². The van der Waals surface area contributed by atoms with Crippen molar-refractivity contribution < 1.29 is 4.79 Å². The highest BCUT2D eigenvalue weighted by atomic mass is 16.2. The van der Waals surface area contributed by atoms with E-state index in [0.717, 1.165) is 12.8 Å². The number of nitrogens with two attached hydrogens (primary N) is 2. The molecule has 0 aliphatic rings. The molecule has 0 saturated carbocycles. The van der Waals surface area contributed by atoms with E-state index in [9.17, 15) is 4.79 Å². The van der Waals surface area contributed by atoms with Gasteiger partial charge in [0.05, 0.1) is 6.20 Å². The van der Waals surface area contributed by atoms with E-state index in [1.807, 2.05) is 6.92 Å². The summed E-state index contributed by atoms with van der Waals surface area (Å²) in [7, 11) is 1.64. The van der Waals surface area contributed by atoms with Crippen LogP contribution in [0, 0.1) is 0 Å². The van der Waals surface area contributed by atoms with Gasteiger partial charge in [-0.2, -0.15) is 0 Å². The molecular weight excluding hydrogens is 232 g/mol. The van der Waals surface area contributed by atoms with Crippen molar-refractivity contribution in [1.82, 2.24) is 9.97 Å². The molecule has 18 heavy (non-hydrogen) atoms. The van der Waals surface area contributed by atoms with Crippen molar-refractivity contribution in [2.24, 2.45) is 16.5 Å². The third-order valence-corrected chi connectivity index (χ3v) is 2.36. The van der Waals surface area contributed by atoms with E-state index in [-0.39, 0.29) is 11.9 Å². The van der Waals surface area contributed by atoms with Gasteiger partial charge in [0.1, 0.15) is 12.0 Å². The quantitative estimate of drug-likeness (QED) is 0.585. The van der Waals surface area contributed by atoms with Crippen molar-refractivity contribution in [1.29, 1.82) is 0 Å². The molecule has 0 unspecified atom stereocenters. The number of hydrogen-bond acceptors (Lipinski definition) is 4. The van der Waals surface area contributed by atoms with Gasteiger partial charge in [-0.15, -0.1) is 0 Å². The van der Waals surface area contributed by atoms with Crippen molar-refractivity contribution in [3.8, 4) is 0 Å². The van der Waals surface area contributed by atoms with E-state index in [0.29, 0.717) is 17.9 Å². The Morgan fingerprint density at radius 1 is 1.50 bits per heavy atom. The third kappa shape index (κ3) is 3.69. The zero-order chi connectivity index (χ0) is 13.5. The number of amides is 1. The topological polar surface area (TPSA) is 110 Å². The van der Waals surface area contributed by atoms with E-state index in [1.54, 1.807) is 7.05 Å². The zero-order valence-electron chi connectivity index (χ0n) is 10.6. The Kier molecular flexibility index (Phi) is 5.04. The Balaban J connectivity index is 2.94. The van der Waals surface area contributed by atoms with E-state index in [1.165, 1.54) is 17.4 Å². The number of unbranched alkanes of at least 4 members (excludes halogenated alkanes) is 1. The Morgan fingerprint density at radius 3 is 2.83 bits per heavy atom. The molecule has 1 aromatic rings. The zero-order valence-corrected chi connectivity index (χ0v) is 10.6. The summed E-state index contributed by atoms with van der Waals surface area (Å²) in [6.07, 6.45) is 5.09. The molecule has 1 amide bonds. The van der Waals surface area contributed by atoms with Crippen LogP contribution in [0.1, 0.15) is 26.2 Å². The number of carbonyl (C=O) groups is 1. The van der Waals surface area contributed by atoms with Gasteiger partial charge < -0.3 is 11.5 Å². The van der Waals surface area contributed by atoms with Crippen molar-refractivity contribution in [2.45, 2.75) is 26.2 Å². The number of carbonyl (C=O) groups excluding carboxylic acids is 1. The minimum absolute atomic E-state index is 0.0254. The third-order valence-electron chi connectivity index (χ3n) is 2.36. The van der Waals surface area contributed by atoms with Crippen molar-refractivity contribution in [2.75, 3.05) is 11.9 Å². The number of nitrogens with zero attached hydrogens (tertiary/aromatic N) is 4. The summed E-state index contributed by atoms with van der Waals surface area (Å²) in [6, 6.07) is 0. The first-order valence-electron chi connectivity index (χ1n) is 5.72. The molecule has 0 saturated heterocycles. The molecule has 0 radical (unpaired) electrons. The first kappa shape index (κ1) is 13.9. The SMILES string of the molecule is CCCCC(=O)N(C)c1ncncc1N=C(N)N. The average molecular weight is 250 g/mol. The normalized spacial score (nSPS) is 9.89. The fourth-order valence-electron chi connectivity index (χ4n) is 1.41. The van der Waals surface area contributed by atoms with E-state index >= 15 is 0 Å². The number of anilines is 1. The molecule has 0 bridgehead atoms. The fourth-order valence-corrected chi connectivity index (χ4v) is 1.41. The van der Waals surface area contributed by atoms with E-state index in [4.69, 9.17) is 11.5 Å². The number of aliphatic imine (C=N–C) groups is 1. The smallest absolute Gasteiger partial charge is 0.227 e. The molecule has 0 aliphatic carbocycles. The maximum atomic E-state index is 11.9. The predicted molar refractivity (Wildman–Crippen MR) is 70.4 cm³/mol. The summed E-state index contributed by atoms with van der Waals surface area (Å²) in [5, 5.41) is 0.